The minimum absolute atomic E-state index is 0.406. The second-order valence-corrected chi connectivity index (χ2v) is 6.53. The molecular formula is C17H18N8O. The Balaban J connectivity index is 1.41. The fourth-order valence-corrected chi connectivity index (χ4v) is 3.42. The first-order valence-corrected chi connectivity index (χ1v) is 8.72. The summed E-state index contributed by atoms with van der Waals surface area (Å²) in [4.78, 5) is 4.48. The van der Waals surface area contributed by atoms with Gasteiger partial charge in [-0.2, -0.15) is 0 Å². The first-order chi connectivity index (χ1) is 12.9. The summed E-state index contributed by atoms with van der Waals surface area (Å²) in [5.41, 5.74) is 3.39. The zero-order valence-electron chi connectivity index (χ0n) is 14.1. The van der Waals surface area contributed by atoms with Crippen molar-refractivity contribution in [2.24, 2.45) is 0 Å². The number of nitrogens with one attached hydrogen (secondary N) is 1. The molecule has 4 heterocycles. The highest BCUT2D eigenvalue weighted by atomic mass is 16.6. The smallest absolute Gasteiger partial charge is 0.162 e. The summed E-state index contributed by atoms with van der Waals surface area (Å²) in [7, 11) is 0. The van der Waals surface area contributed by atoms with Gasteiger partial charge in [0.15, 0.2) is 5.82 Å². The normalized spacial score (nSPS) is 15.7. The number of hydrogen-bond donors (Lipinski definition) is 1. The van der Waals surface area contributed by atoms with Crippen LogP contribution in [0.2, 0.25) is 0 Å². The van der Waals surface area contributed by atoms with Crippen molar-refractivity contribution in [2.45, 2.75) is 25.4 Å². The van der Waals surface area contributed by atoms with Crippen molar-refractivity contribution in [2.75, 3.05) is 13.1 Å². The van der Waals surface area contributed by atoms with E-state index in [1.54, 1.807) is 6.20 Å². The van der Waals surface area contributed by atoms with Crippen LogP contribution in [-0.4, -0.2) is 47.9 Å². The first kappa shape index (κ1) is 15.2. The van der Waals surface area contributed by atoms with Crippen molar-refractivity contribution in [3.05, 3.63) is 42.4 Å². The average molecular weight is 350 g/mol. The molecule has 0 atom stereocenters. The lowest BCUT2D eigenvalue weighted by molar-refractivity contribution is 0.315. The minimum Gasteiger partial charge on any atom is -0.325 e. The summed E-state index contributed by atoms with van der Waals surface area (Å²) in [6.45, 7) is 2.71. The summed E-state index contributed by atoms with van der Waals surface area (Å²) in [5, 5.41) is 19.8. The third kappa shape index (κ3) is 2.76. The van der Waals surface area contributed by atoms with Gasteiger partial charge in [-0.15, -0.1) is 5.10 Å². The molecule has 9 heteroatoms. The van der Waals surface area contributed by atoms with Crippen molar-refractivity contribution in [3.8, 4) is 11.5 Å². The molecule has 1 aliphatic rings. The average Bonchev–Trinajstić information content (AvgIpc) is 3.42. The van der Waals surface area contributed by atoms with Crippen LogP contribution in [0.5, 0.6) is 0 Å². The van der Waals surface area contributed by atoms with Crippen LogP contribution in [0.15, 0.2) is 41.4 Å². The van der Waals surface area contributed by atoms with Crippen LogP contribution in [-0.2, 0) is 6.54 Å². The number of nitrogens with zero attached hydrogens (tertiary/aromatic N) is 7. The number of piperidine rings is 1. The number of benzene rings is 1. The molecule has 0 spiro atoms. The molecule has 1 saturated heterocycles. The van der Waals surface area contributed by atoms with Crippen molar-refractivity contribution < 1.29 is 4.63 Å². The molecule has 1 aromatic carbocycles. The van der Waals surface area contributed by atoms with Crippen LogP contribution in [0, 0.1) is 0 Å². The van der Waals surface area contributed by atoms with Gasteiger partial charge in [0.2, 0.25) is 0 Å². The lowest BCUT2D eigenvalue weighted by Crippen LogP contribution is -2.29. The molecule has 0 saturated carbocycles. The summed E-state index contributed by atoms with van der Waals surface area (Å²) < 4.78 is 8.80. The molecule has 0 unspecified atom stereocenters. The van der Waals surface area contributed by atoms with Gasteiger partial charge in [-0.25, -0.2) is 14.3 Å². The van der Waals surface area contributed by atoms with Gasteiger partial charge in [0.25, 0.3) is 0 Å². The molecule has 5 rings (SSSR count). The van der Waals surface area contributed by atoms with E-state index in [9.17, 15) is 0 Å². The highest BCUT2D eigenvalue weighted by Gasteiger charge is 2.18. The zero-order valence-corrected chi connectivity index (χ0v) is 14.1. The number of aromatic nitrogens is 7. The molecule has 9 nitrogen and oxygen atoms in total. The molecule has 1 N–H and O–H groups in total. The Morgan fingerprint density at radius 1 is 1.15 bits per heavy atom. The highest BCUT2D eigenvalue weighted by Crippen LogP contribution is 2.22. The SMILES string of the molecule is c1cn(Cc2ccc3nonc3c2)c(-c2cn(C3CCNCC3)nn2)n1. The van der Waals surface area contributed by atoms with E-state index in [2.05, 4.69) is 35.5 Å². The van der Waals surface area contributed by atoms with E-state index in [4.69, 9.17) is 4.63 Å². The fraction of sp³-hybridized carbons (Fsp3) is 0.353. The van der Waals surface area contributed by atoms with E-state index in [0.29, 0.717) is 12.6 Å². The van der Waals surface area contributed by atoms with E-state index < -0.39 is 0 Å². The van der Waals surface area contributed by atoms with Gasteiger partial charge in [0.05, 0.1) is 12.2 Å². The summed E-state index contributed by atoms with van der Waals surface area (Å²) in [6.07, 6.45) is 7.88. The van der Waals surface area contributed by atoms with Gasteiger partial charge >= 0.3 is 0 Å². The summed E-state index contributed by atoms with van der Waals surface area (Å²) in [5.74, 6) is 0.809. The van der Waals surface area contributed by atoms with E-state index in [1.165, 1.54) is 0 Å². The molecule has 0 bridgehead atoms. The third-order valence-corrected chi connectivity index (χ3v) is 4.81. The lowest BCUT2D eigenvalue weighted by Gasteiger charge is -2.22. The van der Waals surface area contributed by atoms with Crippen molar-refractivity contribution >= 4 is 11.0 Å². The Bertz CT molecular complexity index is 1030. The van der Waals surface area contributed by atoms with Crippen LogP contribution in [0.4, 0.5) is 0 Å². The number of hydrogen-bond acceptors (Lipinski definition) is 7. The van der Waals surface area contributed by atoms with Crippen molar-refractivity contribution in [1.29, 1.82) is 0 Å². The van der Waals surface area contributed by atoms with Gasteiger partial charge in [-0.05, 0) is 53.9 Å². The molecule has 1 aliphatic heterocycles. The largest absolute Gasteiger partial charge is 0.325 e. The zero-order chi connectivity index (χ0) is 17.3. The van der Waals surface area contributed by atoms with Crippen LogP contribution in [0.25, 0.3) is 22.6 Å². The topological polar surface area (TPSA) is 99.5 Å². The Kier molecular flexibility index (Phi) is 3.71. The molecular weight excluding hydrogens is 332 g/mol. The van der Waals surface area contributed by atoms with E-state index in [1.807, 2.05) is 35.3 Å². The van der Waals surface area contributed by atoms with Crippen LogP contribution >= 0.6 is 0 Å². The monoisotopic (exact) mass is 350 g/mol. The molecule has 132 valence electrons. The van der Waals surface area contributed by atoms with Gasteiger partial charge in [-0.3, -0.25) is 0 Å². The van der Waals surface area contributed by atoms with E-state index in [-0.39, 0.29) is 0 Å². The van der Waals surface area contributed by atoms with E-state index in [0.717, 1.165) is 54.0 Å². The molecule has 3 aromatic heterocycles. The standard InChI is InChI=1S/C17H18N8O/c1-2-14-15(22-26-21-14)9-12(1)10-24-8-7-19-17(24)16-11-25(23-20-16)13-3-5-18-6-4-13/h1-2,7-9,11,13,18H,3-6,10H2. The highest BCUT2D eigenvalue weighted by molar-refractivity contribution is 5.73. The van der Waals surface area contributed by atoms with Crippen molar-refractivity contribution in [3.63, 3.8) is 0 Å². The number of imidazole rings is 1. The number of rotatable bonds is 4. The third-order valence-electron chi connectivity index (χ3n) is 4.81. The molecule has 1 fully saturated rings. The van der Waals surface area contributed by atoms with Crippen LogP contribution in [0.1, 0.15) is 24.4 Å². The second kappa shape index (κ2) is 6.34. The molecule has 0 amide bonds. The predicted molar refractivity (Wildman–Crippen MR) is 93.3 cm³/mol. The molecule has 26 heavy (non-hydrogen) atoms. The Morgan fingerprint density at radius 2 is 2.04 bits per heavy atom. The Morgan fingerprint density at radius 3 is 2.96 bits per heavy atom. The summed E-state index contributed by atoms with van der Waals surface area (Å²) in [6, 6.07) is 6.30. The Hall–Kier alpha value is -3.07. The van der Waals surface area contributed by atoms with Crippen molar-refractivity contribution in [1.82, 2.24) is 40.2 Å². The lowest BCUT2D eigenvalue weighted by atomic mass is 10.1. The second-order valence-electron chi connectivity index (χ2n) is 6.53. The van der Waals surface area contributed by atoms with Crippen LogP contribution < -0.4 is 5.32 Å². The molecule has 0 aliphatic carbocycles. The fourth-order valence-electron chi connectivity index (χ4n) is 3.42. The minimum atomic E-state index is 0.406. The summed E-state index contributed by atoms with van der Waals surface area (Å²) >= 11 is 0. The van der Waals surface area contributed by atoms with Crippen LogP contribution in [0.3, 0.4) is 0 Å². The molecule has 4 aromatic rings. The predicted octanol–water partition coefficient (Wildman–Crippen LogP) is 1.65. The van der Waals surface area contributed by atoms with Gasteiger partial charge in [0.1, 0.15) is 16.7 Å². The maximum absolute atomic E-state index is 4.76. The molecule has 0 radical (unpaired) electrons. The van der Waals surface area contributed by atoms with Gasteiger partial charge < -0.3 is 9.88 Å². The first-order valence-electron chi connectivity index (χ1n) is 8.72. The quantitative estimate of drug-likeness (QED) is 0.597. The van der Waals surface area contributed by atoms with Gasteiger partial charge in [-0.1, -0.05) is 11.3 Å². The maximum atomic E-state index is 4.76. The number of fused-ring (bicyclic) bond motifs is 1. The maximum Gasteiger partial charge on any atom is 0.162 e. The van der Waals surface area contributed by atoms with Gasteiger partial charge in [0, 0.05) is 18.9 Å². The van der Waals surface area contributed by atoms with E-state index >= 15 is 0 Å². The Labute approximate surface area is 149 Å².